The number of hydrogen-bond donors (Lipinski definition) is 0. The lowest BCUT2D eigenvalue weighted by atomic mass is 10.0. The first kappa shape index (κ1) is 12.8. The summed E-state index contributed by atoms with van der Waals surface area (Å²) in [6.07, 6.45) is 1.82. The normalized spacial score (nSPS) is 16.2. The molecule has 4 heteroatoms. The number of ether oxygens (including phenoxy) is 1. The lowest BCUT2D eigenvalue weighted by Gasteiger charge is -2.33. The SMILES string of the molecule is COCC[C@@H](C)C[C@H](C)N([O-])OC. The van der Waals surface area contributed by atoms with Gasteiger partial charge in [-0.05, 0) is 25.7 Å². The van der Waals surface area contributed by atoms with Gasteiger partial charge in [0.25, 0.3) is 0 Å². The predicted molar refractivity (Wildman–Crippen MR) is 52.0 cm³/mol. The van der Waals surface area contributed by atoms with Gasteiger partial charge in [-0.3, -0.25) is 5.23 Å². The van der Waals surface area contributed by atoms with E-state index in [1.807, 2.05) is 6.92 Å². The monoisotopic (exact) mass is 190 g/mol. The van der Waals surface area contributed by atoms with Gasteiger partial charge in [-0.2, -0.15) is 0 Å². The molecule has 2 atom stereocenters. The topological polar surface area (TPSA) is 44.8 Å². The summed E-state index contributed by atoms with van der Waals surface area (Å²) >= 11 is 0. The van der Waals surface area contributed by atoms with E-state index in [1.54, 1.807) is 7.11 Å². The lowest BCUT2D eigenvalue weighted by Crippen LogP contribution is -2.28. The van der Waals surface area contributed by atoms with Crippen LogP contribution in [0.5, 0.6) is 0 Å². The van der Waals surface area contributed by atoms with E-state index in [0.29, 0.717) is 11.1 Å². The maximum Gasteiger partial charge on any atom is 0.0563 e. The van der Waals surface area contributed by atoms with Crippen molar-refractivity contribution < 1.29 is 9.57 Å². The third kappa shape index (κ3) is 5.99. The highest BCUT2D eigenvalue weighted by Crippen LogP contribution is 2.13. The molecule has 0 saturated heterocycles. The van der Waals surface area contributed by atoms with Gasteiger partial charge in [0, 0.05) is 19.8 Å². The third-order valence-electron chi connectivity index (χ3n) is 2.10. The quantitative estimate of drug-likeness (QED) is 0.574. The molecule has 0 aromatic carbocycles. The van der Waals surface area contributed by atoms with Crippen LogP contribution >= 0.6 is 0 Å². The van der Waals surface area contributed by atoms with Gasteiger partial charge in [0.05, 0.1) is 7.11 Å². The Labute approximate surface area is 80.3 Å². The molecule has 0 aromatic rings. The Morgan fingerprint density at radius 2 is 1.92 bits per heavy atom. The zero-order valence-electron chi connectivity index (χ0n) is 8.95. The summed E-state index contributed by atoms with van der Waals surface area (Å²) in [6, 6.07) is -0.0862. The molecule has 0 aliphatic carbocycles. The Kier molecular flexibility index (Phi) is 7.17. The minimum absolute atomic E-state index is 0.0862. The van der Waals surface area contributed by atoms with Crippen molar-refractivity contribution >= 4 is 0 Å². The second-order valence-electron chi connectivity index (χ2n) is 3.44. The minimum Gasteiger partial charge on any atom is -0.762 e. The average Bonchev–Trinajstić information content (AvgIpc) is 2.13. The smallest absolute Gasteiger partial charge is 0.0563 e. The van der Waals surface area contributed by atoms with Gasteiger partial charge >= 0.3 is 0 Å². The molecule has 0 radical (unpaired) electrons. The summed E-state index contributed by atoms with van der Waals surface area (Å²) in [6.45, 7) is 4.72. The van der Waals surface area contributed by atoms with Crippen molar-refractivity contribution in [2.75, 3.05) is 20.8 Å². The summed E-state index contributed by atoms with van der Waals surface area (Å²) in [4.78, 5) is 4.56. The van der Waals surface area contributed by atoms with Gasteiger partial charge in [0.2, 0.25) is 0 Å². The molecular formula is C9H20NO3-. The summed E-state index contributed by atoms with van der Waals surface area (Å²) in [7, 11) is 3.08. The molecule has 0 spiro atoms. The van der Waals surface area contributed by atoms with Crippen LogP contribution in [0.15, 0.2) is 0 Å². The molecule has 4 nitrogen and oxygen atoms in total. The highest BCUT2D eigenvalue weighted by molar-refractivity contribution is 4.64. The molecule has 0 aromatic heterocycles. The second kappa shape index (κ2) is 7.26. The molecule has 0 bridgehead atoms. The van der Waals surface area contributed by atoms with Crippen molar-refractivity contribution in [2.24, 2.45) is 5.92 Å². The fraction of sp³-hybridized carbons (Fsp3) is 1.00. The molecule has 0 aliphatic rings. The zero-order valence-corrected chi connectivity index (χ0v) is 8.95. The van der Waals surface area contributed by atoms with Crippen LogP contribution < -0.4 is 0 Å². The van der Waals surface area contributed by atoms with E-state index in [4.69, 9.17) is 4.74 Å². The highest BCUT2D eigenvalue weighted by atomic mass is 16.9. The van der Waals surface area contributed by atoms with Gasteiger partial charge in [0.1, 0.15) is 0 Å². The Bertz CT molecular complexity index is 121. The molecule has 0 saturated carbocycles. The molecule has 0 rings (SSSR count). The lowest BCUT2D eigenvalue weighted by molar-refractivity contribution is -0.119. The van der Waals surface area contributed by atoms with Gasteiger partial charge in [-0.25, -0.2) is 0 Å². The van der Waals surface area contributed by atoms with Crippen molar-refractivity contribution in [3.8, 4) is 0 Å². The summed E-state index contributed by atoms with van der Waals surface area (Å²) in [5, 5.41) is 11.6. The Hall–Kier alpha value is -0.160. The average molecular weight is 190 g/mol. The summed E-state index contributed by atoms with van der Waals surface area (Å²) in [5.74, 6) is 0.488. The number of methoxy groups -OCH3 is 1. The highest BCUT2D eigenvalue weighted by Gasteiger charge is 2.09. The zero-order chi connectivity index (χ0) is 10.3. The first-order valence-corrected chi connectivity index (χ1v) is 4.61. The Morgan fingerprint density at radius 1 is 1.31 bits per heavy atom. The molecule has 0 N–H and O–H groups in total. The van der Waals surface area contributed by atoms with Crippen LogP contribution in [-0.4, -0.2) is 32.1 Å². The third-order valence-corrected chi connectivity index (χ3v) is 2.10. The maximum absolute atomic E-state index is 11.0. The molecular weight excluding hydrogens is 170 g/mol. The number of hydroxylamine groups is 2. The molecule has 0 unspecified atom stereocenters. The molecule has 0 fully saturated rings. The second-order valence-corrected chi connectivity index (χ2v) is 3.44. The Balaban J connectivity index is 3.57. The van der Waals surface area contributed by atoms with Crippen LogP contribution in [0.4, 0.5) is 0 Å². The van der Waals surface area contributed by atoms with E-state index in [9.17, 15) is 5.21 Å². The molecule has 80 valence electrons. The summed E-state index contributed by atoms with van der Waals surface area (Å²) in [5.41, 5.74) is 0. The van der Waals surface area contributed by atoms with E-state index < -0.39 is 0 Å². The maximum atomic E-state index is 11.0. The van der Waals surface area contributed by atoms with E-state index in [1.165, 1.54) is 7.11 Å². The minimum atomic E-state index is -0.0862. The predicted octanol–water partition coefficient (Wildman–Crippen LogP) is 1.80. The van der Waals surface area contributed by atoms with E-state index in [-0.39, 0.29) is 6.04 Å². The van der Waals surface area contributed by atoms with E-state index in [0.717, 1.165) is 19.4 Å². The molecule has 0 amide bonds. The fourth-order valence-corrected chi connectivity index (χ4v) is 1.29. The van der Waals surface area contributed by atoms with Crippen molar-refractivity contribution in [1.29, 1.82) is 0 Å². The van der Waals surface area contributed by atoms with Crippen LogP contribution in [0.2, 0.25) is 0 Å². The van der Waals surface area contributed by atoms with Crippen molar-refractivity contribution in [2.45, 2.75) is 32.7 Å². The standard InChI is InChI=1S/C9H20NO3/c1-8(5-6-12-3)7-9(2)10(11)13-4/h8-9H,5-7H2,1-4H3/q-1/t8-,9+/m1/s1. The van der Waals surface area contributed by atoms with Crippen LogP contribution in [0.3, 0.4) is 0 Å². The Morgan fingerprint density at radius 3 is 2.38 bits per heavy atom. The fourth-order valence-electron chi connectivity index (χ4n) is 1.29. The van der Waals surface area contributed by atoms with Crippen LogP contribution in [0.1, 0.15) is 26.7 Å². The number of nitrogens with zero attached hydrogens (tertiary/aromatic N) is 1. The first-order valence-electron chi connectivity index (χ1n) is 4.61. The van der Waals surface area contributed by atoms with Gasteiger partial charge < -0.3 is 14.8 Å². The van der Waals surface area contributed by atoms with Gasteiger partial charge in [0.15, 0.2) is 0 Å². The molecule has 13 heavy (non-hydrogen) atoms. The summed E-state index contributed by atoms with van der Waals surface area (Å²) < 4.78 is 4.96. The molecule has 0 heterocycles. The van der Waals surface area contributed by atoms with E-state index >= 15 is 0 Å². The largest absolute Gasteiger partial charge is 0.762 e. The van der Waals surface area contributed by atoms with Crippen molar-refractivity contribution in [3.05, 3.63) is 5.21 Å². The van der Waals surface area contributed by atoms with Crippen LogP contribution in [0.25, 0.3) is 0 Å². The van der Waals surface area contributed by atoms with Crippen molar-refractivity contribution in [3.63, 3.8) is 0 Å². The number of rotatable bonds is 7. The van der Waals surface area contributed by atoms with E-state index in [2.05, 4.69) is 11.8 Å². The van der Waals surface area contributed by atoms with Crippen LogP contribution in [-0.2, 0) is 9.57 Å². The van der Waals surface area contributed by atoms with Crippen LogP contribution in [0, 0.1) is 11.1 Å². The molecule has 0 aliphatic heterocycles. The van der Waals surface area contributed by atoms with Crippen molar-refractivity contribution in [1.82, 2.24) is 5.23 Å². The van der Waals surface area contributed by atoms with Gasteiger partial charge in [-0.1, -0.05) is 6.92 Å². The number of hydrogen-bond acceptors (Lipinski definition) is 4. The van der Waals surface area contributed by atoms with Gasteiger partial charge in [-0.15, -0.1) is 0 Å². The first-order chi connectivity index (χ1) is 6.11.